The Hall–Kier alpha value is -2.31. The van der Waals surface area contributed by atoms with Crippen LogP contribution < -0.4 is 5.32 Å². The zero-order chi connectivity index (χ0) is 16.6. The molecule has 0 bridgehead atoms. The van der Waals surface area contributed by atoms with Crippen LogP contribution in [0.1, 0.15) is 40.7 Å². The Morgan fingerprint density at radius 3 is 2.83 bits per heavy atom. The number of alkyl halides is 3. The van der Waals surface area contributed by atoms with E-state index in [0.29, 0.717) is 30.1 Å². The van der Waals surface area contributed by atoms with E-state index in [2.05, 4.69) is 17.4 Å². The standard InChI is InChI=1S/C16H15F3N2O2/c1-9-6-7-13-10(8-9)14(21-23-13)15(22)20-12-5-3-2-4-11(12)16(17,18)19/h2-5,9H,6-8H2,1H3,(H,20,22)/t9-/m1/s1. The zero-order valence-electron chi connectivity index (χ0n) is 12.4. The van der Waals surface area contributed by atoms with Gasteiger partial charge in [0.2, 0.25) is 0 Å². The summed E-state index contributed by atoms with van der Waals surface area (Å²) in [4.78, 5) is 12.3. The number of carbonyl (C=O) groups excluding carboxylic acids is 1. The minimum Gasteiger partial charge on any atom is -0.360 e. The summed E-state index contributed by atoms with van der Waals surface area (Å²) in [5.74, 6) is 0.356. The molecule has 1 heterocycles. The number of anilines is 1. The molecule has 122 valence electrons. The van der Waals surface area contributed by atoms with Crippen molar-refractivity contribution in [2.75, 3.05) is 5.32 Å². The number of para-hydroxylation sites is 1. The van der Waals surface area contributed by atoms with Crippen molar-refractivity contribution >= 4 is 11.6 Å². The van der Waals surface area contributed by atoms with Gasteiger partial charge in [-0.25, -0.2) is 0 Å². The Balaban J connectivity index is 1.88. The Morgan fingerprint density at radius 1 is 1.35 bits per heavy atom. The van der Waals surface area contributed by atoms with Crippen molar-refractivity contribution in [3.05, 3.63) is 46.8 Å². The van der Waals surface area contributed by atoms with Crippen molar-refractivity contribution in [2.24, 2.45) is 5.92 Å². The lowest BCUT2D eigenvalue weighted by molar-refractivity contribution is -0.136. The van der Waals surface area contributed by atoms with Gasteiger partial charge in [0, 0.05) is 12.0 Å². The molecule has 2 aromatic rings. The molecule has 0 fully saturated rings. The Labute approximate surface area is 130 Å². The van der Waals surface area contributed by atoms with Crippen LogP contribution in [-0.2, 0) is 19.0 Å². The second kappa shape index (κ2) is 5.72. The molecule has 0 spiro atoms. The number of nitrogens with zero attached hydrogens (tertiary/aromatic N) is 1. The lowest BCUT2D eigenvalue weighted by Crippen LogP contribution is -2.20. The molecule has 1 aliphatic carbocycles. The molecule has 1 N–H and O–H groups in total. The van der Waals surface area contributed by atoms with Gasteiger partial charge in [-0.3, -0.25) is 4.79 Å². The number of aryl methyl sites for hydroxylation is 1. The first-order chi connectivity index (χ1) is 10.9. The Bertz CT molecular complexity index is 737. The summed E-state index contributed by atoms with van der Waals surface area (Å²) in [5, 5.41) is 6.05. The summed E-state index contributed by atoms with van der Waals surface area (Å²) in [6.45, 7) is 2.05. The maximum Gasteiger partial charge on any atom is 0.418 e. The van der Waals surface area contributed by atoms with Crippen LogP contribution in [0.15, 0.2) is 28.8 Å². The van der Waals surface area contributed by atoms with Crippen molar-refractivity contribution in [3.8, 4) is 0 Å². The molecule has 3 rings (SSSR count). The van der Waals surface area contributed by atoms with Crippen molar-refractivity contribution in [1.29, 1.82) is 0 Å². The van der Waals surface area contributed by atoms with Crippen molar-refractivity contribution in [2.45, 2.75) is 32.4 Å². The predicted molar refractivity (Wildman–Crippen MR) is 77.1 cm³/mol. The summed E-state index contributed by atoms with van der Waals surface area (Å²) in [7, 11) is 0. The Morgan fingerprint density at radius 2 is 2.09 bits per heavy atom. The number of halogens is 3. The van der Waals surface area contributed by atoms with Gasteiger partial charge in [0.25, 0.3) is 5.91 Å². The van der Waals surface area contributed by atoms with E-state index in [9.17, 15) is 18.0 Å². The Kier molecular flexibility index (Phi) is 3.87. The zero-order valence-corrected chi connectivity index (χ0v) is 12.4. The van der Waals surface area contributed by atoms with Crippen LogP contribution in [0.4, 0.5) is 18.9 Å². The average molecular weight is 324 g/mol. The summed E-state index contributed by atoms with van der Waals surface area (Å²) >= 11 is 0. The fraction of sp³-hybridized carbons (Fsp3) is 0.375. The molecule has 4 nitrogen and oxygen atoms in total. The number of rotatable bonds is 2. The van der Waals surface area contributed by atoms with E-state index in [-0.39, 0.29) is 11.4 Å². The van der Waals surface area contributed by atoms with Gasteiger partial charge in [0.15, 0.2) is 5.69 Å². The molecule has 0 saturated carbocycles. The van der Waals surface area contributed by atoms with Crippen LogP contribution in [0.25, 0.3) is 0 Å². The minimum atomic E-state index is -4.54. The molecule has 0 saturated heterocycles. The highest BCUT2D eigenvalue weighted by atomic mass is 19.4. The van der Waals surface area contributed by atoms with Gasteiger partial charge in [-0.05, 0) is 30.9 Å². The third kappa shape index (κ3) is 3.09. The number of benzene rings is 1. The smallest absolute Gasteiger partial charge is 0.360 e. The molecular formula is C16H15F3N2O2. The fourth-order valence-electron chi connectivity index (χ4n) is 2.78. The SMILES string of the molecule is C[C@@H]1CCc2onc(C(=O)Nc3ccccc3C(F)(F)F)c2C1. The van der Waals surface area contributed by atoms with Crippen molar-refractivity contribution in [3.63, 3.8) is 0 Å². The number of hydrogen-bond donors (Lipinski definition) is 1. The molecule has 1 amide bonds. The van der Waals surface area contributed by atoms with Gasteiger partial charge in [0.1, 0.15) is 5.76 Å². The second-order valence-corrected chi connectivity index (χ2v) is 5.78. The topological polar surface area (TPSA) is 55.1 Å². The quantitative estimate of drug-likeness (QED) is 0.906. The van der Waals surface area contributed by atoms with Gasteiger partial charge < -0.3 is 9.84 Å². The molecule has 1 aromatic heterocycles. The normalized spacial score (nSPS) is 17.7. The molecule has 1 aromatic carbocycles. The first-order valence-corrected chi connectivity index (χ1v) is 7.31. The number of amides is 1. The molecule has 7 heteroatoms. The summed E-state index contributed by atoms with van der Waals surface area (Å²) in [6.07, 6.45) is -2.26. The van der Waals surface area contributed by atoms with Gasteiger partial charge in [-0.2, -0.15) is 13.2 Å². The van der Waals surface area contributed by atoms with Crippen LogP contribution in [0.5, 0.6) is 0 Å². The molecule has 1 aliphatic rings. The van der Waals surface area contributed by atoms with Crippen molar-refractivity contribution < 1.29 is 22.5 Å². The van der Waals surface area contributed by atoms with E-state index in [1.165, 1.54) is 18.2 Å². The summed E-state index contributed by atoms with van der Waals surface area (Å²) in [5.41, 5.74) is -0.404. The monoisotopic (exact) mass is 324 g/mol. The van der Waals surface area contributed by atoms with Crippen LogP contribution >= 0.6 is 0 Å². The van der Waals surface area contributed by atoms with E-state index < -0.39 is 17.6 Å². The number of nitrogens with one attached hydrogen (secondary N) is 1. The van der Waals surface area contributed by atoms with E-state index in [1.54, 1.807) is 0 Å². The first kappa shape index (κ1) is 15.6. The highest BCUT2D eigenvalue weighted by Crippen LogP contribution is 2.35. The second-order valence-electron chi connectivity index (χ2n) is 5.78. The highest BCUT2D eigenvalue weighted by Gasteiger charge is 2.34. The third-order valence-electron chi connectivity index (χ3n) is 3.98. The highest BCUT2D eigenvalue weighted by molar-refractivity contribution is 6.04. The van der Waals surface area contributed by atoms with E-state index >= 15 is 0 Å². The van der Waals surface area contributed by atoms with Gasteiger partial charge in [-0.1, -0.05) is 24.2 Å². The maximum absolute atomic E-state index is 13.0. The third-order valence-corrected chi connectivity index (χ3v) is 3.98. The largest absolute Gasteiger partial charge is 0.418 e. The molecule has 0 radical (unpaired) electrons. The summed E-state index contributed by atoms with van der Waals surface area (Å²) in [6, 6.07) is 4.86. The van der Waals surface area contributed by atoms with Crippen LogP contribution in [-0.4, -0.2) is 11.1 Å². The molecule has 0 aliphatic heterocycles. The van der Waals surface area contributed by atoms with Crippen LogP contribution in [0, 0.1) is 5.92 Å². The number of hydrogen-bond acceptors (Lipinski definition) is 3. The molecule has 23 heavy (non-hydrogen) atoms. The van der Waals surface area contributed by atoms with Crippen molar-refractivity contribution in [1.82, 2.24) is 5.16 Å². The average Bonchev–Trinajstić information content (AvgIpc) is 2.89. The van der Waals surface area contributed by atoms with Crippen LogP contribution in [0.3, 0.4) is 0 Å². The minimum absolute atomic E-state index is 0.0727. The first-order valence-electron chi connectivity index (χ1n) is 7.31. The van der Waals surface area contributed by atoms with Gasteiger partial charge in [-0.15, -0.1) is 0 Å². The fourth-order valence-corrected chi connectivity index (χ4v) is 2.78. The summed E-state index contributed by atoms with van der Waals surface area (Å²) < 4.78 is 44.1. The van der Waals surface area contributed by atoms with E-state index in [4.69, 9.17) is 4.52 Å². The number of carbonyl (C=O) groups is 1. The predicted octanol–water partition coefficient (Wildman–Crippen LogP) is 4.07. The molecular weight excluding hydrogens is 309 g/mol. The van der Waals surface area contributed by atoms with E-state index in [0.717, 1.165) is 12.5 Å². The van der Waals surface area contributed by atoms with E-state index in [1.807, 2.05) is 0 Å². The van der Waals surface area contributed by atoms with Crippen LogP contribution in [0.2, 0.25) is 0 Å². The maximum atomic E-state index is 13.0. The number of aromatic nitrogens is 1. The lowest BCUT2D eigenvalue weighted by atomic mass is 9.88. The number of fused-ring (bicyclic) bond motifs is 1. The molecule has 0 unspecified atom stereocenters. The van der Waals surface area contributed by atoms with Gasteiger partial charge in [0.05, 0.1) is 11.3 Å². The van der Waals surface area contributed by atoms with Gasteiger partial charge >= 0.3 is 6.18 Å². The molecule has 1 atom stereocenters. The lowest BCUT2D eigenvalue weighted by Gasteiger charge is -2.17.